The monoisotopic (exact) mass is 326 g/mol. The van der Waals surface area contributed by atoms with E-state index in [1.54, 1.807) is 0 Å². The fourth-order valence-electron chi connectivity index (χ4n) is 3.18. The largest absolute Gasteiger partial charge is 0.366 e. The first kappa shape index (κ1) is 14.9. The van der Waals surface area contributed by atoms with Gasteiger partial charge in [-0.1, -0.05) is 23.4 Å². The van der Waals surface area contributed by atoms with E-state index in [9.17, 15) is 4.79 Å². The molecule has 3 heterocycles. The third-order valence-electron chi connectivity index (χ3n) is 4.44. The van der Waals surface area contributed by atoms with Crippen molar-refractivity contribution in [2.45, 2.75) is 19.4 Å². The van der Waals surface area contributed by atoms with Crippen molar-refractivity contribution in [3.8, 4) is 0 Å². The molecule has 0 saturated carbocycles. The number of aryl methyl sites for hydroxylation is 1. The number of hydrogen-bond acceptors (Lipinski definition) is 5. The van der Waals surface area contributed by atoms with E-state index in [0.717, 1.165) is 22.2 Å². The summed E-state index contributed by atoms with van der Waals surface area (Å²) >= 11 is 0. The molecular weight excluding hydrogens is 308 g/mol. The van der Waals surface area contributed by atoms with Crippen molar-refractivity contribution < 1.29 is 14.1 Å². The number of amides is 1. The second-order valence-corrected chi connectivity index (χ2v) is 5.94. The number of aromatic nitrogens is 3. The van der Waals surface area contributed by atoms with Gasteiger partial charge in [0.05, 0.1) is 19.6 Å². The SMILES string of the molecule is Cc1[nH]c2ccccc2c1CC(=O)N1CCOC(c2ncon2)C1. The predicted molar refractivity (Wildman–Crippen MR) is 86.3 cm³/mol. The third-order valence-corrected chi connectivity index (χ3v) is 4.44. The van der Waals surface area contributed by atoms with Crippen LogP contribution >= 0.6 is 0 Å². The van der Waals surface area contributed by atoms with Gasteiger partial charge < -0.3 is 19.1 Å². The summed E-state index contributed by atoms with van der Waals surface area (Å²) in [7, 11) is 0. The van der Waals surface area contributed by atoms with Crippen LogP contribution in [-0.2, 0) is 16.0 Å². The quantitative estimate of drug-likeness (QED) is 0.796. The molecule has 7 nitrogen and oxygen atoms in total. The Bertz CT molecular complexity index is 856. The summed E-state index contributed by atoms with van der Waals surface area (Å²) in [5.41, 5.74) is 3.15. The second kappa shape index (κ2) is 6.09. The van der Waals surface area contributed by atoms with Crippen LogP contribution in [0.15, 0.2) is 35.2 Å². The molecule has 7 heteroatoms. The Hall–Kier alpha value is -2.67. The average Bonchev–Trinajstić information content (AvgIpc) is 3.24. The van der Waals surface area contributed by atoms with Crippen molar-refractivity contribution in [3.63, 3.8) is 0 Å². The molecule has 1 aliphatic heterocycles. The van der Waals surface area contributed by atoms with Gasteiger partial charge in [-0.05, 0) is 18.6 Å². The summed E-state index contributed by atoms with van der Waals surface area (Å²) in [4.78, 5) is 21.9. The molecule has 2 aromatic heterocycles. The van der Waals surface area contributed by atoms with Gasteiger partial charge in [-0.3, -0.25) is 4.79 Å². The van der Waals surface area contributed by atoms with E-state index >= 15 is 0 Å². The van der Waals surface area contributed by atoms with Gasteiger partial charge in [0, 0.05) is 23.1 Å². The molecule has 124 valence electrons. The molecule has 1 saturated heterocycles. The predicted octanol–water partition coefficient (Wildman–Crippen LogP) is 2.00. The molecule has 0 aliphatic carbocycles. The minimum absolute atomic E-state index is 0.0830. The van der Waals surface area contributed by atoms with Crippen LogP contribution < -0.4 is 0 Å². The van der Waals surface area contributed by atoms with Crippen molar-refractivity contribution in [2.75, 3.05) is 19.7 Å². The normalized spacial score (nSPS) is 18.2. The molecule has 1 unspecified atom stereocenters. The highest BCUT2D eigenvalue weighted by Gasteiger charge is 2.28. The zero-order valence-corrected chi connectivity index (χ0v) is 13.4. The van der Waals surface area contributed by atoms with Crippen LogP contribution in [-0.4, -0.2) is 45.6 Å². The lowest BCUT2D eigenvalue weighted by molar-refractivity contribution is -0.138. The van der Waals surface area contributed by atoms with Gasteiger partial charge >= 0.3 is 0 Å². The molecular formula is C17H18N4O3. The number of carbonyl (C=O) groups is 1. The Morgan fingerprint density at radius 1 is 1.42 bits per heavy atom. The van der Waals surface area contributed by atoms with Gasteiger partial charge in [0.1, 0.15) is 6.10 Å². The zero-order chi connectivity index (χ0) is 16.5. The van der Waals surface area contributed by atoms with Crippen LogP contribution in [0.5, 0.6) is 0 Å². The van der Waals surface area contributed by atoms with E-state index in [-0.39, 0.29) is 12.0 Å². The molecule has 24 heavy (non-hydrogen) atoms. The fourth-order valence-corrected chi connectivity index (χ4v) is 3.18. The molecule has 1 fully saturated rings. The summed E-state index contributed by atoms with van der Waals surface area (Å²) in [6.07, 6.45) is 1.31. The van der Waals surface area contributed by atoms with E-state index in [4.69, 9.17) is 9.26 Å². The summed E-state index contributed by atoms with van der Waals surface area (Å²) in [6, 6.07) is 8.05. The summed E-state index contributed by atoms with van der Waals surface area (Å²) in [5, 5.41) is 4.91. The Kier molecular flexibility index (Phi) is 3.78. The minimum Gasteiger partial charge on any atom is -0.366 e. The topological polar surface area (TPSA) is 84.2 Å². The number of nitrogens with one attached hydrogen (secondary N) is 1. The standard InChI is InChI=1S/C17H18N4O3/c1-11-13(12-4-2-3-5-14(12)19-11)8-16(22)21-6-7-23-15(9-21)17-18-10-24-20-17/h2-5,10,15,19H,6-9H2,1H3. The number of carbonyl (C=O) groups excluding carboxylic acids is 1. The Balaban J connectivity index is 1.52. The molecule has 4 rings (SSSR count). The molecule has 1 amide bonds. The van der Waals surface area contributed by atoms with Gasteiger partial charge in [0.25, 0.3) is 0 Å². The van der Waals surface area contributed by atoms with E-state index in [2.05, 4.69) is 15.1 Å². The molecule has 0 radical (unpaired) electrons. The lowest BCUT2D eigenvalue weighted by atomic mass is 10.1. The number of fused-ring (bicyclic) bond motifs is 1. The second-order valence-electron chi connectivity index (χ2n) is 5.94. The Morgan fingerprint density at radius 3 is 3.12 bits per heavy atom. The van der Waals surface area contributed by atoms with Crippen molar-refractivity contribution in [1.82, 2.24) is 20.0 Å². The minimum atomic E-state index is -0.328. The Labute approximate surface area is 138 Å². The summed E-state index contributed by atoms with van der Waals surface area (Å²) in [5.74, 6) is 0.565. The van der Waals surface area contributed by atoms with Gasteiger partial charge in [-0.15, -0.1) is 0 Å². The first-order valence-electron chi connectivity index (χ1n) is 7.94. The fraction of sp³-hybridized carbons (Fsp3) is 0.353. The maximum Gasteiger partial charge on any atom is 0.227 e. The van der Waals surface area contributed by atoms with E-state index in [1.165, 1.54) is 6.39 Å². The zero-order valence-electron chi connectivity index (χ0n) is 13.4. The molecule has 3 aromatic rings. The van der Waals surface area contributed by atoms with Crippen LogP contribution in [0.3, 0.4) is 0 Å². The van der Waals surface area contributed by atoms with Gasteiger partial charge in [-0.2, -0.15) is 4.98 Å². The highest BCUT2D eigenvalue weighted by Crippen LogP contribution is 2.24. The van der Waals surface area contributed by atoms with Gasteiger partial charge in [-0.25, -0.2) is 0 Å². The van der Waals surface area contributed by atoms with Crippen LogP contribution in [0.25, 0.3) is 10.9 Å². The van der Waals surface area contributed by atoms with Crippen LogP contribution in [0.2, 0.25) is 0 Å². The maximum atomic E-state index is 12.8. The lowest BCUT2D eigenvalue weighted by Gasteiger charge is -2.31. The third kappa shape index (κ3) is 2.67. The van der Waals surface area contributed by atoms with Crippen LogP contribution in [0.4, 0.5) is 0 Å². The number of para-hydroxylation sites is 1. The van der Waals surface area contributed by atoms with Gasteiger partial charge in [0.2, 0.25) is 18.1 Å². The number of H-pyrrole nitrogens is 1. The molecule has 1 N–H and O–H groups in total. The number of ether oxygens (including phenoxy) is 1. The Morgan fingerprint density at radius 2 is 2.29 bits per heavy atom. The first-order chi connectivity index (χ1) is 11.7. The number of benzene rings is 1. The number of nitrogens with zero attached hydrogens (tertiary/aromatic N) is 3. The highest BCUT2D eigenvalue weighted by atomic mass is 16.5. The summed E-state index contributed by atoms with van der Waals surface area (Å²) in [6.45, 7) is 3.50. The highest BCUT2D eigenvalue weighted by molar-refractivity contribution is 5.90. The lowest BCUT2D eigenvalue weighted by Crippen LogP contribution is -2.43. The molecule has 0 bridgehead atoms. The molecule has 1 aliphatic rings. The number of hydrogen-bond donors (Lipinski definition) is 1. The number of morpholine rings is 1. The molecule has 1 aromatic carbocycles. The molecule has 1 atom stereocenters. The summed E-state index contributed by atoms with van der Waals surface area (Å²) < 4.78 is 10.4. The maximum absolute atomic E-state index is 12.8. The van der Waals surface area contributed by atoms with Crippen LogP contribution in [0, 0.1) is 6.92 Å². The smallest absolute Gasteiger partial charge is 0.227 e. The average molecular weight is 326 g/mol. The van der Waals surface area contributed by atoms with Crippen LogP contribution in [0.1, 0.15) is 23.2 Å². The number of aromatic amines is 1. The van der Waals surface area contributed by atoms with Crippen molar-refractivity contribution in [1.29, 1.82) is 0 Å². The van der Waals surface area contributed by atoms with E-state index < -0.39 is 0 Å². The first-order valence-corrected chi connectivity index (χ1v) is 7.94. The van der Waals surface area contributed by atoms with Crippen molar-refractivity contribution >= 4 is 16.8 Å². The van der Waals surface area contributed by atoms with E-state index in [0.29, 0.717) is 31.9 Å². The van der Waals surface area contributed by atoms with E-state index in [1.807, 2.05) is 36.1 Å². The van der Waals surface area contributed by atoms with Crippen molar-refractivity contribution in [3.05, 3.63) is 47.7 Å². The van der Waals surface area contributed by atoms with Gasteiger partial charge in [0.15, 0.2) is 0 Å². The number of rotatable bonds is 3. The van der Waals surface area contributed by atoms with Crippen molar-refractivity contribution in [2.24, 2.45) is 0 Å². The molecule has 0 spiro atoms.